The maximum absolute atomic E-state index is 12.5. The molecule has 0 spiro atoms. The monoisotopic (exact) mass is 272 g/mol. The molecule has 106 valence electrons. The van der Waals surface area contributed by atoms with Gasteiger partial charge in [0, 0.05) is 18.5 Å². The van der Waals surface area contributed by atoms with Crippen LogP contribution in [-0.4, -0.2) is 28.9 Å². The predicted octanol–water partition coefficient (Wildman–Crippen LogP) is 2.39. The highest BCUT2D eigenvalue weighted by molar-refractivity contribution is 5.99. The van der Waals surface area contributed by atoms with Crippen LogP contribution in [0.15, 0.2) is 30.3 Å². The van der Waals surface area contributed by atoms with Gasteiger partial charge in [-0.3, -0.25) is 10.6 Å². The number of fused-ring (bicyclic) bond motifs is 1. The fraction of sp³-hybridized carbons (Fsp3) is 0.333. The van der Waals surface area contributed by atoms with Crippen LogP contribution in [0.1, 0.15) is 30.8 Å². The van der Waals surface area contributed by atoms with Gasteiger partial charge in [0.25, 0.3) is 5.91 Å². The fourth-order valence-corrected chi connectivity index (χ4v) is 2.06. The van der Waals surface area contributed by atoms with E-state index in [4.69, 9.17) is 5.84 Å². The number of benzene rings is 1. The molecule has 1 aromatic carbocycles. The summed E-state index contributed by atoms with van der Waals surface area (Å²) in [5, 5.41) is 0.901. The molecule has 1 unspecified atom stereocenters. The third-order valence-electron chi connectivity index (χ3n) is 3.66. The molecule has 2 rings (SSSR count). The van der Waals surface area contributed by atoms with E-state index < -0.39 is 0 Å². The summed E-state index contributed by atoms with van der Waals surface area (Å²) in [7, 11) is 1.79. The Morgan fingerprint density at radius 2 is 2.15 bits per heavy atom. The molecule has 0 radical (unpaired) electrons. The third-order valence-corrected chi connectivity index (χ3v) is 3.66. The van der Waals surface area contributed by atoms with Crippen LogP contribution in [0.2, 0.25) is 0 Å². The highest BCUT2D eigenvalue weighted by atomic mass is 16.2. The van der Waals surface area contributed by atoms with E-state index in [1.54, 1.807) is 18.0 Å². The van der Waals surface area contributed by atoms with Crippen molar-refractivity contribution in [3.8, 4) is 0 Å². The molecule has 1 aromatic heterocycles. The van der Waals surface area contributed by atoms with Crippen molar-refractivity contribution in [2.24, 2.45) is 5.84 Å². The molecule has 20 heavy (non-hydrogen) atoms. The summed E-state index contributed by atoms with van der Waals surface area (Å²) in [6, 6.07) is 9.47. The molecule has 0 aliphatic carbocycles. The van der Waals surface area contributed by atoms with Crippen molar-refractivity contribution >= 4 is 22.5 Å². The number of hydrazine groups is 1. The molecule has 3 N–H and O–H groups in total. The molecule has 0 bridgehead atoms. The first kappa shape index (κ1) is 14.3. The quantitative estimate of drug-likeness (QED) is 0.662. The zero-order valence-corrected chi connectivity index (χ0v) is 12.1. The Balaban J connectivity index is 2.47. The average Bonchev–Trinajstić information content (AvgIpc) is 2.51. The predicted molar refractivity (Wildman–Crippen MR) is 81.4 cm³/mol. The Morgan fingerprint density at radius 3 is 2.80 bits per heavy atom. The number of para-hydroxylation sites is 1. The maximum atomic E-state index is 12.5. The van der Waals surface area contributed by atoms with Crippen molar-refractivity contribution in [2.45, 2.75) is 26.3 Å². The first-order valence-corrected chi connectivity index (χ1v) is 6.72. The average molecular weight is 272 g/mol. The van der Waals surface area contributed by atoms with Gasteiger partial charge in [0.1, 0.15) is 5.69 Å². The number of nitrogens with zero attached hydrogens (tertiary/aromatic N) is 2. The highest BCUT2D eigenvalue weighted by Crippen LogP contribution is 2.23. The van der Waals surface area contributed by atoms with Crippen LogP contribution < -0.4 is 11.3 Å². The number of nitrogens with two attached hydrogens (primary N) is 1. The van der Waals surface area contributed by atoms with E-state index in [9.17, 15) is 4.79 Å². The van der Waals surface area contributed by atoms with Crippen molar-refractivity contribution in [3.05, 3.63) is 36.0 Å². The number of hydrogen-bond donors (Lipinski definition) is 2. The lowest BCUT2D eigenvalue weighted by Gasteiger charge is -2.23. The number of carbonyl (C=O) groups excluding carboxylic acids is 1. The molecule has 1 amide bonds. The van der Waals surface area contributed by atoms with Gasteiger partial charge in [-0.05, 0) is 25.5 Å². The van der Waals surface area contributed by atoms with E-state index in [-0.39, 0.29) is 11.9 Å². The topological polar surface area (TPSA) is 71.2 Å². The Kier molecular flexibility index (Phi) is 4.20. The Labute approximate surface area is 118 Å². The molecule has 0 aliphatic rings. The standard InChI is InChI=1S/C15H20N4O/c1-4-10(2)19(3)15(20)14-9-13(18-16)11-7-5-6-8-12(11)17-14/h5-10H,4,16H2,1-3H3,(H,17,18). The van der Waals surface area contributed by atoms with Crippen LogP contribution in [0.25, 0.3) is 10.9 Å². The lowest BCUT2D eigenvalue weighted by molar-refractivity contribution is 0.0735. The second-order valence-electron chi connectivity index (χ2n) is 4.89. The van der Waals surface area contributed by atoms with Gasteiger partial charge in [0.05, 0.1) is 11.2 Å². The second kappa shape index (κ2) is 5.88. The molecule has 0 saturated carbocycles. The maximum Gasteiger partial charge on any atom is 0.272 e. The van der Waals surface area contributed by atoms with Gasteiger partial charge in [-0.25, -0.2) is 4.98 Å². The largest absolute Gasteiger partial charge is 0.338 e. The van der Waals surface area contributed by atoms with E-state index in [0.717, 1.165) is 17.3 Å². The number of rotatable bonds is 4. The first-order valence-electron chi connectivity index (χ1n) is 6.72. The summed E-state index contributed by atoms with van der Waals surface area (Å²) in [4.78, 5) is 18.6. The van der Waals surface area contributed by atoms with Crippen molar-refractivity contribution < 1.29 is 4.79 Å². The second-order valence-corrected chi connectivity index (χ2v) is 4.89. The summed E-state index contributed by atoms with van der Waals surface area (Å²) in [5.41, 5.74) is 4.50. The fourth-order valence-electron chi connectivity index (χ4n) is 2.06. The summed E-state index contributed by atoms with van der Waals surface area (Å²) >= 11 is 0. The van der Waals surface area contributed by atoms with Crippen molar-refractivity contribution in [3.63, 3.8) is 0 Å². The minimum Gasteiger partial charge on any atom is -0.338 e. The zero-order valence-electron chi connectivity index (χ0n) is 12.1. The third kappa shape index (κ3) is 2.58. The molecule has 5 nitrogen and oxygen atoms in total. The molecule has 0 fully saturated rings. The lowest BCUT2D eigenvalue weighted by atomic mass is 10.1. The smallest absolute Gasteiger partial charge is 0.272 e. The number of aromatic nitrogens is 1. The van der Waals surface area contributed by atoms with Crippen LogP contribution in [0.4, 0.5) is 5.69 Å². The lowest BCUT2D eigenvalue weighted by Crippen LogP contribution is -2.35. The molecule has 1 atom stereocenters. The summed E-state index contributed by atoms with van der Waals surface area (Å²) in [5.74, 6) is 5.45. The van der Waals surface area contributed by atoms with E-state index in [1.807, 2.05) is 31.2 Å². The molecule has 1 heterocycles. The Bertz CT molecular complexity index is 626. The first-order chi connectivity index (χ1) is 9.58. The van der Waals surface area contributed by atoms with Crippen LogP contribution in [0.3, 0.4) is 0 Å². The van der Waals surface area contributed by atoms with Crippen molar-refractivity contribution in [1.29, 1.82) is 0 Å². The zero-order chi connectivity index (χ0) is 14.7. The SMILES string of the molecule is CCC(C)N(C)C(=O)c1cc(NN)c2ccccc2n1. The number of hydrogen-bond acceptors (Lipinski definition) is 4. The minimum atomic E-state index is -0.0957. The normalized spacial score (nSPS) is 12.2. The highest BCUT2D eigenvalue weighted by Gasteiger charge is 2.19. The summed E-state index contributed by atoms with van der Waals surface area (Å²) < 4.78 is 0. The van der Waals surface area contributed by atoms with Crippen LogP contribution in [0, 0.1) is 0 Å². The number of pyridine rings is 1. The van der Waals surface area contributed by atoms with Crippen LogP contribution in [0.5, 0.6) is 0 Å². The van der Waals surface area contributed by atoms with Gasteiger partial charge in [0.15, 0.2) is 0 Å². The van der Waals surface area contributed by atoms with E-state index >= 15 is 0 Å². The molecule has 0 aliphatic heterocycles. The van der Waals surface area contributed by atoms with Gasteiger partial charge in [-0.2, -0.15) is 0 Å². The molecule has 5 heteroatoms. The number of amides is 1. The van der Waals surface area contributed by atoms with Crippen molar-refractivity contribution in [2.75, 3.05) is 12.5 Å². The Morgan fingerprint density at radius 1 is 1.45 bits per heavy atom. The summed E-state index contributed by atoms with van der Waals surface area (Å²) in [6.07, 6.45) is 0.901. The van der Waals surface area contributed by atoms with Gasteiger partial charge in [0.2, 0.25) is 0 Å². The number of carbonyl (C=O) groups is 1. The van der Waals surface area contributed by atoms with E-state index in [1.165, 1.54) is 0 Å². The van der Waals surface area contributed by atoms with Gasteiger partial charge in [-0.1, -0.05) is 25.1 Å². The van der Waals surface area contributed by atoms with Gasteiger partial charge in [-0.15, -0.1) is 0 Å². The molecular weight excluding hydrogens is 252 g/mol. The van der Waals surface area contributed by atoms with Crippen molar-refractivity contribution in [1.82, 2.24) is 9.88 Å². The number of anilines is 1. The van der Waals surface area contributed by atoms with E-state index in [0.29, 0.717) is 11.4 Å². The van der Waals surface area contributed by atoms with E-state index in [2.05, 4.69) is 17.3 Å². The van der Waals surface area contributed by atoms with Crippen LogP contribution in [-0.2, 0) is 0 Å². The number of nitrogen functional groups attached to an aromatic ring is 1. The number of nitrogens with one attached hydrogen (secondary N) is 1. The molecule has 2 aromatic rings. The summed E-state index contributed by atoms with van der Waals surface area (Å²) in [6.45, 7) is 4.07. The van der Waals surface area contributed by atoms with Gasteiger partial charge < -0.3 is 10.3 Å². The minimum absolute atomic E-state index is 0.0957. The Hall–Kier alpha value is -2.14. The molecular formula is C15H20N4O. The molecule has 0 saturated heterocycles. The van der Waals surface area contributed by atoms with Crippen LogP contribution >= 0.6 is 0 Å². The van der Waals surface area contributed by atoms with Gasteiger partial charge >= 0.3 is 0 Å².